The Kier molecular flexibility index (Phi) is 8.92. The van der Waals surface area contributed by atoms with E-state index in [1.165, 1.54) is 5.56 Å². The Hall–Kier alpha value is -2.47. The highest BCUT2D eigenvalue weighted by Gasteiger charge is 2.28. The molecular weight excluding hydrogens is 452 g/mol. The van der Waals surface area contributed by atoms with Crippen LogP contribution in [0.4, 0.5) is 0 Å². The molecule has 3 aromatic carbocycles. The first-order valence-corrected chi connectivity index (χ1v) is 14.2. The quantitative estimate of drug-likeness (QED) is 0.323. The average molecular weight is 493 g/mol. The van der Waals surface area contributed by atoms with E-state index in [9.17, 15) is 8.42 Å². The number of nitrogens with two attached hydrogens (primary N) is 1. The predicted molar refractivity (Wildman–Crippen MR) is 147 cm³/mol. The zero-order chi connectivity index (χ0) is 25.8. The second kappa shape index (κ2) is 11.5. The first-order valence-electron chi connectivity index (χ1n) is 12.5. The third kappa shape index (κ3) is 6.81. The number of nitrogens with one attached hydrogen (secondary N) is 1. The summed E-state index contributed by atoms with van der Waals surface area (Å²) in [6.45, 7) is 12.9. The van der Waals surface area contributed by atoms with Crippen molar-refractivity contribution in [2.24, 2.45) is 5.73 Å². The van der Waals surface area contributed by atoms with Crippen molar-refractivity contribution in [3.63, 3.8) is 0 Å². The molecule has 0 heterocycles. The summed E-state index contributed by atoms with van der Waals surface area (Å²) in [5, 5.41) is 0. The van der Waals surface area contributed by atoms with Crippen molar-refractivity contribution in [3.05, 3.63) is 106 Å². The fraction of sp³-hybridized carbons (Fsp3) is 0.400. The van der Waals surface area contributed by atoms with E-state index in [0.717, 1.165) is 27.8 Å². The highest BCUT2D eigenvalue weighted by atomic mass is 32.2. The fourth-order valence-electron chi connectivity index (χ4n) is 4.57. The zero-order valence-corrected chi connectivity index (χ0v) is 22.6. The topological polar surface area (TPSA) is 72.2 Å². The van der Waals surface area contributed by atoms with Crippen molar-refractivity contribution in [1.29, 1.82) is 0 Å². The number of benzene rings is 3. The van der Waals surface area contributed by atoms with Crippen molar-refractivity contribution >= 4 is 10.0 Å². The second-order valence-electron chi connectivity index (χ2n) is 10.3. The minimum absolute atomic E-state index is 0.0722. The van der Waals surface area contributed by atoms with Crippen LogP contribution in [0.1, 0.15) is 105 Å². The van der Waals surface area contributed by atoms with Crippen LogP contribution in [0.2, 0.25) is 0 Å². The smallest absolute Gasteiger partial charge is 0.216 e. The molecule has 3 aromatic rings. The van der Waals surface area contributed by atoms with Gasteiger partial charge in [-0.3, -0.25) is 0 Å². The van der Waals surface area contributed by atoms with Crippen LogP contribution >= 0.6 is 0 Å². The molecule has 188 valence electrons. The molecule has 0 saturated heterocycles. The van der Waals surface area contributed by atoms with Crippen molar-refractivity contribution in [1.82, 2.24) is 4.72 Å². The molecule has 0 aromatic heterocycles. The number of rotatable bonds is 10. The molecule has 35 heavy (non-hydrogen) atoms. The monoisotopic (exact) mass is 492 g/mol. The van der Waals surface area contributed by atoms with E-state index >= 15 is 0 Å². The minimum atomic E-state index is -3.71. The van der Waals surface area contributed by atoms with Crippen LogP contribution in [0.15, 0.2) is 72.8 Å². The van der Waals surface area contributed by atoms with Gasteiger partial charge in [0.2, 0.25) is 10.0 Å². The molecule has 0 aliphatic heterocycles. The maximum atomic E-state index is 13.7. The maximum Gasteiger partial charge on any atom is 0.216 e. The van der Waals surface area contributed by atoms with Gasteiger partial charge in [0.1, 0.15) is 0 Å². The molecule has 5 heteroatoms. The van der Waals surface area contributed by atoms with E-state index in [1.807, 2.05) is 60.7 Å². The van der Waals surface area contributed by atoms with Gasteiger partial charge in [-0.25, -0.2) is 13.1 Å². The van der Waals surface area contributed by atoms with Crippen molar-refractivity contribution in [3.8, 4) is 0 Å². The van der Waals surface area contributed by atoms with Gasteiger partial charge in [0, 0.05) is 0 Å². The van der Waals surface area contributed by atoms with Gasteiger partial charge in [0.15, 0.2) is 0 Å². The van der Waals surface area contributed by atoms with Gasteiger partial charge in [0.25, 0.3) is 0 Å². The van der Waals surface area contributed by atoms with Gasteiger partial charge in [-0.2, -0.15) is 0 Å². The summed E-state index contributed by atoms with van der Waals surface area (Å²) in [6.07, 6.45) is 0. The molecule has 0 amide bonds. The van der Waals surface area contributed by atoms with Gasteiger partial charge in [-0.1, -0.05) is 114 Å². The Bertz CT molecular complexity index is 1170. The van der Waals surface area contributed by atoms with E-state index in [-0.39, 0.29) is 17.6 Å². The summed E-state index contributed by atoms with van der Waals surface area (Å²) in [5.41, 5.74) is 12.8. The Labute approximate surface area is 212 Å². The molecule has 0 saturated carbocycles. The normalized spacial score (nSPS) is 14.0. The van der Waals surface area contributed by atoms with Crippen LogP contribution in [-0.4, -0.2) is 8.42 Å². The van der Waals surface area contributed by atoms with Crippen molar-refractivity contribution in [2.75, 3.05) is 0 Å². The predicted octanol–water partition coefficient (Wildman–Crippen LogP) is 6.92. The molecule has 2 unspecified atom stereocenters. The molecule has 2 atom stereocenters. The lowest BCUT2D eigenvalue weighted by Gasteiger charge is -2.27. The lowest BCUT2D eigenvalue weighted by molar-refractivity contribution is 0.503. The first kappa shape index (κ1) is 27.1. The van der Waals surface area contributed by atoms with Crippen LogP contribution in [-0.2, 0) is 15.8 Å². The zero-order valence-electron chi connectivity index (χ0n) is 21.8. The van der Waals surface area contributed by atoms with Crippen molar-refractivity contribution in [2.45, 2.75) is 77.1 Å². The molecule has 3 rings (SSSR count). The summed E-state index contributed by atoms with van der Waals surface area (Å²) < 4.78 is 30.4. The Morgan fingerprint density at radius 1 is 0.686 bits per heavy atom. The third-order valence-corrected chi connectivity index (χ3v) is 7.88. The van der Waals surface area contributed by atoms with Gasteiger partial charge >= 0.3 is 0 Å². The number of hydrogen-bond acceptors (Lipinski definition) is 3. The second-order valence-corrected chi connectivity index (χ2v) is 12.1. The molecule has 0 spiro atoms. The molecule has 4 nitrogen and oxygen atoms in total. The summed E-state index contributed by atoms with van der Waals surface area (Å²) in [5.74, 6) is 0.734. The van der Waals surface area contributed by atoms with E-state index in [4.69, 9.17) is 5.73 Å². The molecular formula is C30H40N2O2S. The molecule has 0 fully saturated rings. The number of hydrogen-bond donors (Lipinski definition) is 2. The first-order chi connectivity index (χ1) is 16.5. The van der Waals surface area contributed by atoms with Crippen LogP contribution in [0, 0.1) is 0 Å². The Morgan fingerprint density at radius 2 is 1.14 bits per heavy atom. The highest BCUT2D eigenvalue weighted by molar-refractivity contribution is 7.88. The van der Waals surface area contributed by atoms with Gasteiger partial charge in [-0.05, 0) is 51.1 Å². The minimum Gasteiger partial charge on any atom is -0.322 e. The van der Waals surface area contributed by atoms with E-state index < -0.39 is 22.1 Å². The average Bonchev–Trinajstić information content (AvgIpc) is 2.82. The van der Waals surface area contributed by atoms with Crippen LogP contribution < -0.4 is 10.5 Å². The summed E-state index contributed by atoms with van der Waals surface area (Å²) in [6, 6.07) is 22.5. The standard InChI is InChI=1S/C30H40N2O2S/c1-20(2)25-17-26(21(3)4)28(27(18-25)22(5)6)19-35(33,34)32-30(24-15-11-8-12-16-24)29(31)23-13-9-7-10-14-23/h7-18,20-22,29-30,32H,19,31H2,1-6H3. The summed E-state index contributed by atoms with van der Waals surface area (Å²) in [4.78, 5) is 0. The van der Waals surface area contributed by atoms with Crippen LogP contribution in [0.25, 0.3) is 0 Å². The summed E-state index contributed by atoms with van der Waals surface area (Å²) in [7, 11) is -3.71. The Balaban J connectivity index is 2.04. The van der Waals surface area contributed by atoms with E-state index in [0.29, 0.717) is 5.92 Å². The SMILES string of the molecule is CC(C)c1cc(C(C)C)c(CS(=O)(=O)NC(c2ccccc2)C(N)c2ccccc2)c(C(C)C)c1. The maximum absolute atomic E-state index is 13.7. The Morgan fingerprint density at radius 3 is 1.57 bits per heavy atom. The van der Waals surface area contributed by atoms with Crippen molar-refractivity contribution < 1.29 is 8.42 Å². The largest absolute Gasteiger partial charge is 0.322 e. The fourth-order valence-corrected chi connectivity index (χ4v) is 6.04. The number of sulfonamides is 1. The van der Waals surface area contributed by atoms with Gasteiger partial charge in [0.05, 0.1) is 17.8 Å². The molecule has 0 radical (unpaired) electrons. The molecule has 0 aliphatic rings. The summed E-state index contributed by atoms with van der Waals surface area (Å²) >= 11 is 0. The lowest BCUT2D eigenvalue weighted by atomic mass is 9.85. The van der Waals surface area contributed by atoms with Crippen LogP contribution in [0.5, 0.6) is 0 Å². The molecule has 3 N–H and O–H groups in total. The lowest BCUT2D eigenvalue weighted by Crippen LogP contribution is -2.37. The van der Waals surface area contributed by atoms with Gasteiger partial charge < -0.3 is 5.73 Å². The van der Waals surface area contributed by atoms with Crippen LogP contribution in [0.3, 0.4) is 0 Å². The van der Waals surface area contributed by atoms with Gasteiger partial charge in [-0.15, -0.1) is 0 Å². The van der Waals surface area contributed by atoms with E-state index in [1.54, 1.807) is 0 Å². The van der Waals surface area contributed by atoms with E-state index in [2.05, 4.69) is 58.4 Å². The molecule has 0 aliphatic carbocycles. The highest BCUT2D eigenvalue weighted by Crippen LogP contribution is 2.34. The molecule has 0 bridgehead atoms. The third-order valence-electron chi connectivity index (χ3n) is 6.60.